The maximum atomic E-state index is 14.6. The highest BCUT2D eigenvalue weighted by molar-refractivity contribution is 5.98. The van der Waals surface area contributed by atoms with E-state index in [1.807, 2.05) is 0 Å². The van der Waals surface area contributed by atoms with Gasteiger partial charge in [0.2, 0.25) is 11.5 Å². The number of carbonyl (C=O) groups is 3. The molecule has 2 rings (SSSR count). The molecular formula is C123H230N4O9. The number of amides is 4. The van der Waals surface area contributed by atoms with Crippen molar-refractivity contribution in [1.29, 1.82) is 0 Å². The molecule has 13 heteroatoms. The minimum atomic E-state index is -0.820. The van der Waals surface area contributed by atoms with Gasteiger partial charge >= 0.3 is 6.03 Å². The third kappa shape index (κ3) is 84.0. The van der Waals surface area contributed by atoms with Gasteiger partial charge in [-0.25, -0.2) is 15.6 Å². The third-order valence-corrected chi connectivity index (χ3v) is 28.7. The van der Waals surface area contributed by atoms with Crippen molar-refractivity contribution in [3.05, 3.63) is 35.4 Å². The Labute approximate surface area is 844 Å². The van der Waals surface area contributed by atoms with Gasteiger partial charge < -0.3 is 28.4 Å². The third-order valence-electron chi connectivity index (χ3n) is 28.7. The standard InChI is InChI=1S/C123H230N4O9/c1-7-13-19-25-31-37-43-49-55-61-67-73-79-85-91-97-103-131-115-109-113(110-116(132-104-98-92-86-80-74-68-62-56-50-44-38-32-26-20-14-8-2)119(115)135-107-101-95-89-83-77-71-65-59-53-47-41-35-29-23-17-11-5)121(128)124-126-123(130)127-125-122(129)114-111-117(133-105-99-93-87-81-75-69-63-57-51-45-39-33-27-21-15-9-3)120(136-108-102-96-90-84-78-72-66-60-54-48-42-36-30-24-18-12-6)118(112-114)134-106-100-94-88-82-76-70-64-58-52-46-40-34-28-22-16-10-4/h109-112H,7-108H2,1-6H3,(H,124,128)(H,125,129)(H2,126,127,130). The van der Waals surface area contributed by atoms with Crippen molar-refractivity contribution in [1.82, 2.24) is 21.7 Å². The molecule has 0 bridgehead atoms. The van der Waals surface area contributed by atoms with E-state index in [-0.39, 0.29) is 11.1 Å². The molecule has 4 N–H and O–H groups in total. The monoisotopic (exact) mass is 1910 g/mol. The number of urea groups is 1. The predicted molar refractivity (Wildman–Crippen MR) is 590 cm³/mol. The summed E-state index contributed by atoms with van der Waals surface area (Å²) in [5.41, 5.74) is 10.9. The Morgan fingerprint density at radius 3 is 0.390 bits per heavy atom. The molecule has 0 aliphatic carbocycles. The lowest BCUT2D eigenvalue weighted by molar-refractivity contribution is 0.0927. The summed E-state index contributed by atoms with van der Waals surface area (Å²) in [6.07, 6.45) is 124. The lowest BCUT2D eigenvalue weighted by atomic mass is 10.0. The molecule has 0 unspecified atom stereocenters. The second-order valence-electron chi connectivity index (χ2n) is 42.0. The maximum absolute atomic E-state index is 14.6. The number of hydrazine groups is 2. The molecule has 0 saturated heterocycles. The van der Waals surface area contributed by atoms with Gasteiger partial charge in [0.1, 0.15) is 0 Å². The Morgan fingerprint density at radius 1 is 0.154 bits per heavy atom. The van der Waals surface area contributed by atoms with Crippen molar-refractivity contribution >= 4 is 17.8 Å². The van der Waals surface area contributed by atoms with Crippen LogP contribution >= 0.6 is 0 Å². The van der Waals surface area contributed by atoms with Crippen LogP contribution in [0.4, 0.5) is 4.79 Å². The molecule has 0 fully saturated rings. The van der Waals surface area contributed by atoms with E-state index in [1.54, 1.807) is 24.3 Å². The smallest absolute Gasteiger partial charge is 0.352 e. The van der Waals surface area contributed by atoms with Gasteiger partial charge in [0.05, 0.1) is 39.6 Å². The van der Waals surface area contributed by atoms with E-state index in [9.17, 15) is 14.4 Å². The van der Waals surface area contributed by atoms with Crippen molar-refractivity contribution in [3.8, 4) is 34.5 Å². The number of hydrogen-bond donors (Lipinski definition) is 4. The lowest BCUT2D eigenvalue weighted by Gasteiger charge is -2.19. The minimum absolute atomic E-state index is 0.263. The lowest BCUT2D eigenvalue weighted by Crippen LogP contribution is -2.52. The predicted octanol–water partition coefficient (Wildman–Crippen LogP) is 40.8. The first-order valence-electron chi connectivity index (χ1n) is 61.1. The Bertz CT molecular complexity index is 2520. The number of benzene rings is 2. The molecule has 796 valence electrons. The van der Waals surface area contributed by atoms with Gasteiger partial charge in [0, 0.05) is 11.1 Å². The number of ether oxygens (including phenoxy) is 6. The molecule has 0 spiro atoms. The van der Waals surface area contributed by atoms with Crippen molar-refractivity contribution in [3.63, 3.8) is 0 Å². The summed E-state index contributed by atoms with van der Waals surface area (Å²) in [6.45, 7) is 16.7. The van der Waals surface area contributed by atoms with E-state index in [2.05, 4.69) is 63.2 Å². The highest BCUT2D eigenvalue weighted by Crippen LogP contribution is 2.42. The first-order chi connectivity index (χ1) is 67.3. The van der Waals surface area contributed by atoms with Crippen LogP contribution in [0.1, 0.15) is 679 Å². The van der Waals surface area contributed by atoms with Gasteiger partial charge in [0.15, 0.2) is 23.0 Å². The van der Waals surface area contributed by atoms with Gasteiger partial charge in [-0.3, -0.25) is 20.4 Å². The van der Waals surface area contributed by atoms with Crippen molar-refractivity contribution < 1.29 is 42.8 Å². The van der Waals surface area contributed by atoms with E-state index in [0.29, 0.717) is 74.1 Å². The molecule has 0 aliphatic rings. The summed E-state index contributed by atoms with van der Waals surface area (Å²) in [5.74, 6) is 1.86. The highest BCUT2D eigenvalue weighted by Gasteiger charge is 2.23. The average Bonchev–Trinajstić information content (AvgIpc) is 0.818. The molecule has 4 amide bonds. The molecule has 0 heterocycles. The number of nitrogens with one attached hydrogen (secondary N) is 4. The fraction of sp³-hybridized carbons (Fsp3) is 0.878. The normalized spacial score (nSPS) is 11.5. The van der Waals surface area contributed by atoms with Crippen LogP contribution in [0, 0.1) is 0 Å². The van der Waals surface area contributed by atoms with Crippen molar-refractivity contribution in [2.24, 2.45) is 0 Å². The van der Waals surface area contributed by atoms with Crippen molar-refractivity contribution in [2.75, 3.05) is 39.6 Å². The molecule has 0 atom stereocenters. The van der Waals surface area contributed by atoms with Crippen LogP contribution in [-0.4, -0.2) is 57.5 Å². The maximum Gasteiger partial charge on any atom is 0.352 e. The molecule has 0 aliphatic heterocycles. The number of rotatable bonds is 110. The van der Waals surface area contributed by atoms with Crippen LogP contribution in [-0.2, 0) is 0 Å². The zero-order valence-electron chi connectivity index (χ0n) is 91.6. The summed E-state index contributed by atoms with van der Waals surface area (Å²) in [4.78, 5) is 43.0. The Morgan fingerprint density at radius 2 is 0.265 bits per heavy atom. The van der Waals surface area contributed by atoms with Gasteiger partial charge in [-0.2, -0.15) is 0 Å². The van der Waals surface area contributed by atoms with E-state index in [0.717, 1.165) is 77.0 Å². The molecular weight excluding hydrogens is 1680 g/mol. The van der Waals surface area contributed by atoms with Gasteiger partial charge in [-0.15, -0.1) is 0 Å². The van der Waals surface area contributed by atoms with Crippen LogP contribution in [0.2, 0.25) is 0 Å². The zero-order valence-corrected chi connectivity index (χ0v) is 91.6. The molecule has 0 saturated carbocycles. The molecule has 13 nitrogen and oxygen atoms in total. The van der Waals surface area contributed by atoms with Crippen molar-refractivity contribution in [2.45, 2.75) is 658 Å². The molecule has 136 heavy (non-hydrogen) atoms. The summed E-state index contributed by atoms with van der Waals surface area (Å²) in [6, 6.07) is 6.13. The second kappa shape index (κ2) is 105. The number of unbranched alkanes of at least 4 members (excludes halogenated alkanes) is 90. The van der Waals surface area contributed by atoms with Crippen LogP contribution in [0.15, 0.2) is 24.3 Å². The van der Waals surface area contributed by atoms with E-state index in [4.69, 9.17) is 28.4 Å². The van der Waals surface area contributed by atoms with Crippen LogP contribution in [0.5, 0.6) is 34.5 Å². The highest BCUT2D eigenvalue weighted by atomic mass is 16.5. The summed E-state index contributed by atoms with van der Waals surface area (Å²) < 4.78 is 40.4. The Balaban J connectivity index is 2.39. The van der Waals surface area contributed by atoms with E-state index in [1.165, 1.54) is 539 Å². The first kappa shape index (κ1) is 128. The molecule has 2 aromatic rings. The Hall–Kier alpha value is -4.55. The summed E-state index contributed by atoms with van der Waals surface area (Å²) >= 11 is 0. The van der Waals surface area contributed by atoms with Crippen LogP contribution in [0.25, 0.3) is 0 Å². The molecule has 0 aromatic heterocycles. The van der Waals surface area contributed by atoms with Gasteiger partial charge in [-0.1, -0.05) is 619 Å². The second-order valence-corrected chi connectivity index (χ2v) is 42.0. The SMILES string of the molecule is CCCCCCCCCCCCCCCCCCOc1cc(C(=O)NNC(=O)NNC(=O)c2cc(OCCCCCCCCCCCCCCCCCC)c(OCCCCCCCCCCCCCCCCCC)c(OCCCCCCCCCCCCCCCCCC)c2)cc(OCCCCCCCCCCCCCCCCCC)c1OCCCCCCCCCCCCCCCCCC. The average molecular weight is 1910 g/mol. The van der Waals surface area contributed by atoms with E-state index < -0.39 is 17.8 Å². The quantitative estimate of drug-likeness (QED) is 0.0374. The largest absolute Gasteiger partial charge is 0.490 e. The zero-order chi connectivity index (χ0) is 97.4. The molecule has 0 radical (unpaired) electrons. The minimum Gasteiger partial charge on any atom is -0.490 e. The summed E-state index contributed by atoms with van der Waals surface area (Å²) in [7, 11) is 0. The number of carbonyl (C=O) groups excluding carboxylic acids is 3. The molecule has 2 aromatic carbocycles. The van der Waals surface area contributed by atoms with E-state index >= 15 is 0 Å². The van der Waals surface area contributed by atoms with Gasteiger partial charge in [0.25, 0.3) is 11.8 Å². The fourth-order valence-electron chi connectivity index (χ4n) is 19.5. The van der Waals surface area contributed by atoms with Crippen LogP contribution in [0.3, 0.4) is 0 Å². The van der Waals surface area contributed by atoms with Crippen LogP contribution < -0.4 is 50.1 Å². The Kier molecular flexibility index (Phi) is 98.2. The van der Waals surface area contributed by atoms with Gasteiger partial charge in [-0.05, 0) is 62.8 Å². The first-order valence-corrected chi connectivity index (χ1v) is 61.1. The topological polar surface area (TPSA) is 155 Å². The number of hydrogen-bond acceptors (Lipinski definition) is 9. The fourth-order valence-corrected chi connectivity index (χ4v) is 19.5. The summed E-state index contributed by atoms with van der Waals surface area (Å²) in [5, 5.41) is 0.